The van der Waals surface area contributed by atoms with Gasteiger partial charge in [0.1, 0.15) is 29.0 Å². The van der Waals surface area contributed by atoms with Crippen molar-refractivity contribution in [1.82, 2.24) is 15.1 Å². The van der Waals surface area contributed by atoms with Crippen LogP contribution in [0.3, 0.4) is 0 Å². The maximum absolute atomic E-state index is 13.1. The third kappa shape index (κ3) is 2.69. The topological polar surface area (TPSA) is 63.8 Å². The molecule has 0 fully saturated rings. The van der Waals surface area contributed by atoms with E-state index in [0.717, 1.165) is 12.1 Å². The van der Waals surface area contributed by atoms with Crippen LogP contribution in [0.15, 0.2) is 35.1 Å². The van der Waals surface area contributed by atoms with Crippen LogP contribution >= 0.6 is 0 Å². The summed E-state index contributed by atoms with van der Waals surface area (Å²) in [6.07, 6.45) is 1.44. The SMILES string of the molecule is CC(C)CNc1ncnc2onc(-c3ccc(F)cc3)c12. The molecule has 0 atom stereocenters. The number of nitrogens with zero attached hydrogens (tertiary/aromatic N) is 3. The van der Waals surface area contributed by atoms with Gasteiger partial charge in [0.25, 0.3) is 5.71 Å². The van der Waals surface area contributed by atoms with Crippen LogP contribution in [0.1, 0.15) is 13.8 Å². The largest absolute Gasteiger partial charge is 0.369 e. The first-order valence-corrected chi connectivity index (χ1v) is 6.75. The number of anilines is 1. The molecule has 1 N–H and O–H groups in total. The first kappa shape index (κ1) is 13.5. The van der Waals surface area contributed by atoms with Gasteiger partial charge in [-0.3, -0.25) is 0 Å². The second-order valence-electron chi connectivity index (χ2n) is 5.22. The van der Waals surface area contributed by atoms with Gasteiger partial charge in [0.05, 0.1) is 0 Å². The van der Waals surface area contributed by atoms with E-state index >= 15 is 0 Å². The first-order valence-electron chi connectivity index (χ1n) is 6.75. The monoisotopic (exact) mass is 286 g/mol. The number of nitrogens with one attached hydrogen (secondary N) is 1. The van der Waals surface area contributed by atoms with E-state index in [1.165, 1.54) is 18.5 Å². The third-order valence-electron chi connectivity index (χ3n) is 3.07. The first-order chi connectivity index (χ1) is 10.1. The standard InChI is InChI=1S/C15H15FN4O/c1-9(2)7-17-14-12-13(10-3-5-11(16)6-4-10)20-21-15(12)19-8-18-14/h3-6,8-9H,7H2,1-2H3,(H,17,18,19). The summed E-state index contributed by atoms with van der Waals surface area (Å²) < 4.78 is 18.3. The summed E-state index contributed by atoms with van der Waals surface area (Å²) in [6.45, 7) is 5.00. The Kier molecular flexibility index (Phi) is 3.51. The van der Waals surface area contributed by atoms with Crippen molar-refractivity contribution in [2.24, 2.45) is 5.92 Å². The van der Waals surface area contributed by atoms with Crippen LogP contribution in [0.4, 0.5) is 10.2 Å². The Bertz CT molecular complexity index is 752. The number of benzene rings is 1. The van der Waals surface area contributed by atoms with Crippen molar-refractivity contribution in [2.75, 3.05) is 11.9 Å². The van der Waals surface area contributed by atoms with Crippen molar-refractivity contribution >= 4 is 16.9 Å². The molecule has 1 aromatic carbocycles. The predicted octanol–water partition coefficient (Wildman–Crippen LogP) is 3.49. The van der Waals surface area contributed by atoms with Crippen molar-refractivity contribution in [1.29, 1.82) is 0 Å². The normalized spacial score (nSPS) is 11.2. The zero-order chi connectivity index (χ0) is 14.8. The van der Waals surface area contributed by atoms with Gasteiger partial charge in [0.15, 0.2) is 0 Å². The molecule has 0 saturated heterocycles. The molecule has 0 aliphatic heterocycles. The number of hydrogen-bond donors (Lipinski definition) is 1. The maximum Gasteiger partial charge on any atom is 0.263 e. The molecule has 0 aliphatic carbocycles. The number of rotatable bonds is 4. The molecule has 0 spiro atoms. The molecule has 0 radical (unpaired) electrons. The van der Waals surface area contributed by atoms with E-state index in [-0.39, 0.29) is 5.82 Å². The van der Waals surface area contributed by atoms with E-state index in [1.54, 1.807) is 12.1 Å². The Hall–Kier alpha value is -2.50. The van der Waals surface area contributed by atoms with Crippen LogP contribution in [0.2, 0.25) is 0 Å². The molecular weight excluding hydrogens is 271 g/mol. The van der Waals surface area contributed by atoms with Crippen LogP contribution in [0, 0.1) is 11.7 Å². The summed E-state index contributed by atoms with van der Waals surface area (Å²) in [5.74, 6) is 0.861. The molecule has 6 heteroatoms. The summed E-state index contributed by atoms with van der Waals surface area (Å²) in [4.78, 5) is 8.34. The van der Waals surface area contributed by atoms with Crippen molar-refractivity contribution in [3.8, 4) is 11.3 Å². The minimum absolute atomic E-state index is 0.291. The fraction of sp³-hybridized carbons (Fsp3) is 0.267. The highest BCUT2D eigenvalue weighted by atomic mass is 19.1. The molecule has 108 valence electrons. The molecule has 2 heterocycles. The summed E-state index contributed by atoms with van der Waals surface area (Å²) >= 11 is 0. The average Bonchev–Trinajstić information content (AvgIpc) is 2.90. The number of fused-ring (bicyclic) bond motifs is 1. The number of aromatic nitrogens is 3. The van der Waals surface area contributed by atoms with E-state index in [2.05, 4.69) is 34.3 Å². The van der Waals surface area contributed by atoms with Crippen molar-refractivity contribution in [3.63, 3.8) is 0 Å². The lowest BCUT2D eigenvalue weighted by Crippen LogP contribution is -2.09. The number of halogens is 1. The van der Waals surface area contributed by atoms with Crippen LogP contribution in [-0.4, -0.2) is 21.7 Å². The Morgan fingerprint density at radius 3 is 2.67 bits per heavy atom. The Balaban J connectivity index is 2.08. The van der Waals surface area contributed by atoms with Gasteiger partial charge < -0.3 is 9.84 Å². The van der Waals surface area contributed by atoms with Gasteiger partial charge in [-0.05, 0) is 30.2 Å². The second kappa shape index (κ2) is 5.47. The van der Waals surface area contributed by atoms with Crippen LogP contribution in [0.5, 0.6) is 0 Å². The molecule has 0 saturated carbocycles. The lowest BCUT2D eigenvalue weighted by atomic mass is 10.1. The summed E-state index contributed by atoms with van der Waals surface area (Å²) in [5.41, 5.74) is 1.78. The van der Waals surface area contributed by atoms with Gasteiger partial charge in [-0.25, -0.2) is 9.37 Å². The van der Waals surface area contributed by atoms with E-state index in [1.807, 2.05) is 0 Å². The fourth-order valence-corrected chi connectivity index (χ4v) is 2.03. The lowest BCUT2D eigenvalue weighted by molar-refractivity contribution is 0.451. The highest BCUT2D eigenvalue weighted by Gasteiger charge is 2.16. The molecule has 21 heavy (non-hydrogen) atoms. The van der Waals surface area contributed by atoms with Crippen molar-refractivity contribution in [3.05, 3.63) is 36.4 Å². The summed E-state index contributed by atoms with van der Waals surface area (Å²) in [5, 5.41) is 8.03. The molecule has 0 unspecified atom stereocenters. The van der Waals surface area contributed by atoms with Gasteiger partial charge in [-0.2, -0.15) is 4.98 Å². The fourth-order valence-electron chi connectivity index (χ4n) is 2.03. The van der Waals surface area contributed by atoms with Crippen LogP contribution < -0.4 is 5.32 Å². The van der Waals surface area contributed by atoms with Gasteiger partial charge in [0, 0.05) is 12.1 Å². The van der Waals surface area contributed by atoms with E-state index in [0.29, 0.717) is 28.5 Å². The minimum atomic E-state index is -0.291. The summed E-state index contributed by atoms with van der Waals surface area (Å²) in [6, 6.07) is 6.10. The third-order valence-corrected chi connectivity index (χ3v) is 3.07. The molecule has 5 nitrogen and oxygen atoms in total. The molecule has 0 bridgehead atoms. The Morgan fingerprint density at radius 1 is 1.19 bits per heavy atom. The zero-order valence-corrected chi connectivity index (χ0v) is 11.8. The van der Waals surface area contributed by atoms with Crippen LogP contribution in [0.25, 0.3) is 22.4 Å². The Morgan fingerprint density at radius 2 is 1.95 bits per heavy atom. The molecular formula is C15H15FN4O. The highest BCUT2D eigenvalue weighted by Crippen LogP contribution is 2.31. The zero-order valence-electron chi connectivity index (χ0n) is 11.8. The maximum atomic E-state index is 13.1. The van der Waals surface area contributed by atoms with Crippen molar-refractivity contribution in [2.45, 2.75) is 13.8 Å². The van der Waals surface area contributed by atoms with Crippen LogP contribution in [-0.2, 0) is 0 Å². The van der Waals surface area contributed by atoms with Crippen molar-refractivity contribution < 1.29 is 8.91 Å². The molecule has 2 aromatic heterocycles. The van der Waals surface area contributed by atoms with Gasteiger partial charge in [-0.15, -0.1) is 0 Å². The smallest absolute Gasteiger partial charge is 0.263 e. The van der Waals surface area contributed by atoms with Gasteiger partial charge >= 0.3 is 0 Å². The average molecular weight is 286 g/mol. The Labute approximate surface area is 121 Å². The van der Waals surface area contributed by atoms with E-state index in [4.69, 9.17) is 4.52 Å². The highest BCUT2D eigenvalue weighted by molar-refractivity contribution is 5.97. The molecule has 3 rings (SSSR count). The summed E-state index contributed by atoms with van der Waals surface area (Å²) in [7, 11) is 0. The molecule has 0 amide bonds. The van der Waals surface area contributed by atoms with E-state index < -0.39 is 0 Å². The van der Waals surface area contributed by atoms with Gasteiger partial charge in [0.2, 0.25) is 0 Å². The predicted molar refractivity (Wildman–Crippen MR) is 78.3 cm³/mol. The van der Waals surface area contributed by atoms with Gasteiger partial charge in [-0.1, -0.05) is 19.0 Å². The second-order valence-corrected chi connectivity index (χ2v) is 5.22. The lowest BCUT2D eigenvalue weighted by Gasteiger charge is -2.08. The molecule has 0 aliphatic rings. The quantitative estimate of drug-likeness (QED) is 0.795. The number of hydrogen-bond acceptors (Lipinski definition) is 5. The van der Waals surface area contributed by atoms with E-state index in [9.17, 15) is 4.39 Å². The minimum Gasteiger partial charge on any atom is -0.369 e. The molecule has 3 aromatic rings.